The van der Waals surface area contributed by atoms with Crippen molar-refractivity contribution < 1.29 is 9.53 Å². The summed E-state index contributed by atoms with van der Waals surface area (Å²) in [7, 11) is 2.42. The smallest absolute Gasteiger partial charge is 0.213 e. The molecule has 3 atom stereocenters. The van der Waals surface area contributed by atoms with Gasteiger partial charge in [-0.3, -0.25) is 4.79 Å². The third kappa shape index (κ3) is 3.31. The molecular formula is C15H20BrNO2Si. The summed E-state index contributed by atoms with van der Waals surface area (Å²) < 4.78 is 6.15. The molecule has 0 amide bonds. The maximum atomic E-state index is 12.3. The SMILES string of the molecule is COc1ccc(Br)c(C[C@H]2C(=O)CC[C@@H](C)[C@@H]2[Si]C)n1. The molecule has 1 aromatic heterocycles. The van der Waals surface area contributed by atoms with E-state index in [1.54, 1.807) is 7.11 Å². The van der Waals surface area contributed by atoms with Gasteiger partial charge in [0.05, 0.1) is 12.8 Å². The molecule has 0 aliphatic heterocycles. The van der Waals surface area contributed by atoms with Gasteiger partial charge in [0.15, 0.2) is 0 Å². The van der Waals surface area contributed by atoms with Crippen molar-refractivity contribution in [2.75, 3.05) is 7.11 Å². The van der Waals surface area contributed by atoms with Crippen molar-refractivity contribution in [2.24, 2.45) is 11.8 Å². The second-order valence-electron chi connectivity index (χ2n) is 5.39. The second-order valence-corrected chi connectivity index (χ2v) is 7.49. The molecule has 3 nitrogen and oxygen atoms in total. The first-order valence-electron chi connectivity index (χ1n) is 6.96. The van der Waals surface area contributed by atoms with Gasteiger partial charge in [0.25, 0.3) is 0 Å². The predicted molar refractivity (Wildman–Crippen MR) is 84.5 cm³/mol. The van der Waals surface area contributed by atoms with Crippen LogP contribution in [0.2, 0.25) is 12.1 Å². The van der Waals surface area contributed by atoms with Crippen molar-refractivity contribution in [3.05, 3.63) is 22.3 Å². The van der Waals surface area contributed by atoms with Crippen LogP contribution in [-0.2, 0) is 11.2 Å². The van der Waals surface area contributed by atoms with E-state index in [1.165, 1.54) is 0 Å². The average molecular weight is 354 g/mol. The van der Waals surface area contributed by atoms with Crippen LogP contribution in [-0.4, -0.2) is 27.4 Å². The Bertz CT molecular complexity index is 495. The average Bonchev–Trinajstić information content (AvgIpc) is 2.45. The molecule has 1 aromatic rings. The summed E-state index contributed by atoms with van der Waals surface area (Å²) in [5.41, 5.74) is 1.43. The van der Waals surface area contributed by atoms with Crippen LogP contribution in [0.15, 0.2) is 16.6 Å². The van der Waals surface area contributed by atoms with Gasteiger partial charge in [0, 0.05) is 38.8 Å². The maximum Gasteiger partial charge on any atom is 0.213 e. The minimum Gasteiger partial charge on any atom is -0.481 e. The molecule has 108 valence electrons. The summed E-state index contributed by atoms with van der Waals surface area (Å²) in [6.07, 6.45) is 2.47. The normalized spacial score (nSPS) is 26.6. The highest BCUT2D eigenvalue weighted by atomic mass is 79.9. The zero-order chi connectivity index (χ0) is 14.7. The fourth-order valence-corrected chi connectivity index (χ4v) is 4.81. The molecule has 0 unspecified atom stereocenters. The number of pyridine rings is 1. The third-order valence-corrected chi connectivity index (χ3v) is 6.52. The van der Waals surface area contributed by atoms with E-state index in [4.69, 9.17) is 4.74 Å². The van der Waals surface area contributed by atoms with Gasteiger partial charge < -0.3 is 4.74 Å². The summed E-state index contributed by atoms with van der Waals surface area (Å²) in [5.74, 6) is 1.75. The van der Waals surface area contributed by atoms with E-state index < -0.39 is 0 Å². The Hall–Kier alpha value is -0.683. The number of nitrogens with zero attached hydrogens (tertiary/aromatic N) is 1. The molecule has 2 radical (unpaired) electrons. The van der Waals surface area contributed by atoms with Crippen molar-refractivity contribution >= 4 is 31.2 Å². The maximum absolute atomic E-state index is 12.3. The number of carbonyl (C=O) groups excluding carboxylic acids is 1. The van der Waals surface area contributed by atoms with Gasteiger partial charge in [-0.1, -0.05) is 13.5 Å². The molecule has 2 rings (SSSR count). The minimum atomic E-state index is 0.109. The van der Waals surface area contributed by atoms with Gasteiger partial charge in [-0.25, -0.2) is 4.98 Å². The number of halogens is 1. The minimum absolute atomic E-state index is 0.109. The van der Waals surface area contributed by atoms with Gasteiger partial charge in [-0.2, -0.15) is 0 Å². The number of ether oxygens (including phenoxy) is 1. The van der Waals surface area contributed by atoms with Crippen LogP contribution in [0.5, 0.6) is 5.88 Å². The summed E-state index contributed by atoms with van der Waals surface area (Å²) >= 11 is 3.54. The summed E-state index contributed by atoms with van der Waals surface area (Å²) in [6.45, 7) is 4.48. The van der Waals surface area contributed by atoms with Crippen molar-refractivity contribution in [3.8, 4) is 5.88 Å². The van der Waals surface area contributed by atoms with Crippen molar-refractivity contribution in [1.29, 1.82) is 0 Å². The quantitative estimate of drug-likeness (QED) is 0.777. The van der Waals surface area contributed by atoms with Crippen LogP contribution in [0, 0.1) is 11.8 Å². The molecule has 0 spiro atoms. The fraction of sp³-hybridized carbons (Fsp3) is 0.600. The van der Waals surface area contributed by atoms with Crippen molar-refractivity contribution in [3.63, 3.8) is 0 Å². The van der Waals surface area contributed by atoms with Crippen LogP contribution < -0.4 is 4.74 Å². The lowest BCUT2D eigenvalue weighted by atomic mass is 9.78. The van der Waals surface area contributed by atoms with Gasteiger partial charge in [0.2, 0.25) is 5.88 Å². The number of Topliss-reactive ketones (excluding diaryl/α,β-unsaturated/α-hetero) is 1. The lowest BCUT2D eigenvalue weighted by Gasteiger charge is -2.34. The largest absolute Gasteiger partial charge is 0.481 e. The van der Waals surface area contributed by atoms with Gasteiger partial charge in [0.1, 0.15) is 5.78 Å². The molecule has 0 saturated heterocycles. The van der Waals surface area contributed by atoms with E-state index in [9.17, 15) is 4.79 Å². The highest BCUT2D eigenvalue weighted by Crippen LogP contribution is 2.39. The Morgan fingerprint density at radius 1 is 1.50 bits per heavy atom. The zero-order valence-corrected chi connectivity index (χ0v) is 14.7. The van der Waals surface area contributed by atoms with E-state index in [-0.39, 0.29) is 5.92 Å². The molecule has 1 saturated carbocycles. The molecule has 0 aromatic carbocycles. The molecule has 1 heterocycles. The van der Waals surface area contributed by atoms with E-state index >= 15 is 0 Å². The van der Waals surface area contributed by atoms with E-state index in [1.807, 2.05) is 12.1 Å². The Balaban J connectivity index is 2.24. The third-order valence-electron chi connectivity index (χ3n) is 4.15. The van der Waals surface area contributed by atoms with Gasteiger partial charge >= 0.3 is 0 Å². The van der Waals surface area contributed by atoms with Crippen molar-refractivity contribution in [1.82, 2.24) is 4.98 Å². The Morgan fingerprint density at radius 2 is 2.25 bits per heavy atom. The first-order chi connectivity index (χ1) is 9.56. The standard InChI is InChI=1S/C15H20BrNO2Si/c1-9-4-6-13(18)10(15(9)20-3)8-12-11(16)5-7-14(17-12)19-2/h5,7,9-10,15H,4,6,8H2,1-3H3/t9-,10+,15+/m1/s1. The molecule has 20 heavy (non-hydrogen) atoms. The molecular weight excluding hydrogens is 334 g/mol. The lowest BCUT2D eigenvalue weighted by molar-refractivity contribution is -0.125. The molecule has 1 fully saturated rings. The molecule has 1 aliphatic carbocycles. The highest BCUT2D eigenvalue weighted by molar-refractivity contribution is 9.10. The summed E-state index contributed by atoms with van der Waals surface area (Å²) in [5, 5.41) is 0. The number of methoxy groups -OCH3 is 1. The lowest BCUT2D eigenvalue weighted by Crippen LogP contribution is -2.34. The van der Waals surface area contributed by atoms with Gasteiger partial charge in [-0.05, 0) is 39.9 Å². The van der Waals surface area contributed by atoms with E-state index in [0.29, 0.717) is 36.0 Å². The monoisotopic (exact) mass is 353 g/mol. The van der Waals surface area contributed by atoms with E-state index in [2.05, 4.69) is 34.4 Å². The molecule has 5 heteroatoms. The topological polar surface area (TPSA) is 39.2 Å². The van der Waals surface area contributed by atoms with Crippen LogP contribution in [0.1, 0.15) is 25.5 Å². The first kappa shape index (κ1) is 15.7. The fourth-order valence-electron chi connectivity index (χ4n) is 2.99. The number of ketones is 1. The Morgan fingerprint density at radius 3 is 2.90 bits per heavy atom. The van der Waals surface area contributed by atoms with Crippen LogP contribution in [0.4, 0.5) is 0 Å². The predicted octanol–water partition coefficient (Wildman–Crippen LogP) is 3.55. The number of hydrogen-bond acceptors (Lipinski definition) is 3. The number of aromatic nitrogens is 1. The number of hydrogen-bond donors (Lipinski definition) is 0. The first-order valence-corrected chi connectivity index (χ1v) is 9.33. The van der Waals surface area contributed by atoms with Crippen LogP contribution in [0.3, 0.4) is 0 Å². The van der Waals surface area contributed by atoms with E-state index in [0.717, 1.165) is 26.1 Å². The molecule has 0 bridgehead atoms. The van der Waals surface area contributed by atoms with Gasteiger partial charge in [-0.15, -0.1) is 0 Å². The summed E-state index contributed by atoms with van der Waals surface area (Å²) in [6, 6.07) is 3.78. The Kier molecular flexibility index (Phi) is 5.38. The highest BCUT2D eigenvalue weighted by Gasteiger charge is 2.36. The number of carbonyl (C=O) groups is 1. The zero-order valence-electron chi connectivity index (χ0n) is 12.1. The van der Waals surface area contributed by atoms with Crippen LogP contribution >= 0.6 is 15.9 Å². The van der Waals surface area contributed by atoms with Crippen molar-refractivity contribution in [2.45, 2.75) is 38.3 Å². The van der Waals surface area contributed by atoms with Crippen LogP contribution in [0.25, 0.3) is 0 Å². The number of rotatable bonds is 4. The second kappa shape index (κ2) is 6.85. The Labute approximate surface area is 131 Å². The molecule has 0 N–H and O–H groups in total. The summed E-state index contributed by atoms with van der Waals surface area (Å²) in [4.78, 5) is 16.8. The molecule has 1 aliphatic rings.